The van der Waals surface area contributed by atoms with E-state index < -0.39 is 54.5 Å². The zero-order valence-corrected chi connectivity index (χ0v) is 18.7. The summed E-state index contributed by atoms with van der Waals surface area (Å²) in [6.07, 6.45) is 2.06. The zero-order chi connectivity index (χ0) is 24.3. The first-order valence-electron chi connectivity index (χ1n) is 9.86. The zero-order valence-electron chi connectivity index (χ0n) is 17.9. The maximum Gasteiger partial charge on any atom is 0.326 e. The summed E-state index contributed by atoms with van der Waals surface area (Å²) in [6, 6.07) is 1.42. The van der Waals surface area contributed by atoms with Crippen LogP contribution in [0.2, 0.25) is 0 Å². The van der Waals surface area contributed by atoms with Crippen molar-refractivity contribution in [2.45, 2.75) is 43.9 Å². The molecular weight excluding hydrogens is 440 g/mol. The van der Waals surface area contributed by atoms with E-state index >= 15 is 0 Å². The highest BCUT2D eigenvalue weighted by molar-refractivity contribution is 7.98. The SMILES string of the molecule is CSCCC(NC(=O)C(C)NC(=O)C(Cc1ccc(O)cc1)NC(=O)C(N)CO)C(=O)O. The van der Waals surface area contributed by atoms with Gasteiger partial charge in [0.25, 0.3) is 0 Å². The Labute approximate surface area is 190 Å². The van der Waals surface area contributed by atoms with Gasteiger partial charge in [0, 0.05) is 6.42 Å². The van der Waals surface area contributed by atoms with Gasteiger partial charge in [0.1, 0.15) is 29.9 Å². The summed E-state index contributed by atoms with van der Waals surface area (Å²) in [5, 5.41) is 35.0. The van der Waals surface area contributed by atoms with Gasteiger partial charge >= 0.3 is 5.97 Å². The highest BCUT2D eigenvalue weighted by Gasteiger charge is 2.28. The Bertz CT molecular complexity index is 791. The molecule has 3 amide bonds. The second-order valence-electron chi connectivity index (χ2n) is 7.13. The van der Waals surface area contributed by atoms with E-state index in [4.69, 9.17) is 10.8 Å². The van der Waals surface area contributed by atoms with Crippen LogP contribution in [0.4, 0.5) is 0 Å². The Morgan fingerprint density at radius 3 is 2.12 bits per heavy atom. The number of benzene rings is 1. The van der Waals surface area contributed by atoms with E-state index in [9.17, 15) is 29.4 Å². The van der Waals surface area contributed by atoms with Crippen LogP contribution in [0.25, 0.3) is 0 Å². The smallest absolute Gasteiger partial charge is 0.326 e. The molecule has 1 rings (SSSR count). The van der Waals surface area contributed by atoms with Gasteiger partial charge in [-0.2, -0.15) is 11.8 Å². The molecule has 1 aromatic carbocycles. The number of amides is 3. The van der Waals surface area contributed by atoms with E-state index in [0.717, 1.165) is 0 Å². The topological polar surface area (TPSA) is 191 Å². The van der Waals surface area contributed by atoms with Crippen molar-refractivity contribution in [1.82, 2.24) is 16.0 Å². The number of thioether (sulfide) groups is 1. The van der Waals surface area contributed by atoms with E-state index in [2.05, 4.69) is 16.0 Å². The maximum atomic E-state index is 12.8. The number of hydrogen-bond acceptors (Lipinski definition) is 8. The molecule has 1 aromatic rings. The van der Waals surface area contributed by atoms with Gasteiger partial charge in [0.2, 0.25) is 17.7 Å². The summed E-state index contributed by atoms with van der Waals surface area (Å²) in [4.78, 5) is 48.6. The van der Waals surface area contributed by atoms with E-state index in [1.807, 2.05) is 6.26 Å². The number of carbonyl (C=O) groups excluding carboxylic acids is 3. The number of carboxylic acid groups (broad SMARTS) is 1. The molecule has 0 aromatic heterocycles. The number of aliphatic carboxylic acids is 1. The van der Waals surface area contributed by atoms with Crippen LogP contribution in [0.3, 0.4) is 0 Å². The molecule has 12 heteroatoms. The Kier molecular flexibility index (Phi) is 11.5. The van der Waals surface area contributed by atoms with Crippen molar-refractivity contribution in [1.29, 1.82) is 0 Å². The minimum atomic E-state index is -1.24. The summed E-state index contributed by atoms with van der Waals surface area (Å²) < 4.78 is 0. The lowest BCUT2D eigenvalue weighted by molar-refractivity contribution is -0.142. The molecule has 0 aliphatic heterocycles. The van der Waals surface area contributed by atoms with Gasteiger partial charge in [-0.1, -0.05) is 12.1 Å². The molecule has 0 heterocycles. The van der Waals surface area contributed by atoms with Crippen molar-refractivity contribution in [2.24, 2.45) is 5.73 Å². The molecule has 0 saturated heterocycles. The fraction of sp³-hybridized carbons (Fsp3) is 0.500. The first-order valence-corrected chi connectivity index (χ1v) is 11.3. The predicted octanol–water partition coefficient (Wildman–Crippen LogP) is -1.43. The van der Waals surface area contributed by atoms with Crippen molar-refractivity contribution in [2.75, 3.05) is 18.6 Å². The Morgan fingerprint density at radius 2 is 1.59 bits per heavy atom. The molecule has 0 saturated carbocycles. The molecule has 4 unspecified atom stereocenters. The Morgan fingerprint density at radius 1 is 1.00 bits per heavy atom. The van der Waals surface area contributed by atoms with Crippen molar-refractivity contribution >= 4 is 35.5 Å². The summed E-state index contributed by atoms with van der Waals surface area (Å²) in [5.41, 5.74) is 6.11. The van der Waals surface area contributed by atoms with Gasteiger partial charge < -0.3 is 37.0 Å². The summed E-state index contributed by atoms with van der Waals surface area (Å²) >= 11 is 1.44. The summed E-state index contributed by atoms with van der Waals surface area (Å²) in [7, 11) is 0. The quantitative estimate of drug-likeness (QED) is 0.181. The molecule has 4 atom stereocenters. The molecule has 0 fully saturated rings. The molecule has 0 bridgehead atoms. The van der Waals surface area contributed by atoms with Crippen LogP contribution in [-0.4, -0.2) is 81.8 Å². The highest BCUT2D eigenvalue weighted by Crippen LogP contribution is 2.12. The number of aromatic hydroxyl groups is 1. The normalized spacial score (nSPS) is 14.5. The van der Waals surface area contributed by atoms with Crippen LogP contribution in [0.15, 0.2) is 24.3 Å². The molecule has 11 nitrogen and oxygen atoms in total. The van der Waals surface area contributed by atoms with E-state index in [-0.39, 0.29) is 18.6 Å². The van der Waals surface area contributed by atoms with Crippen LogP contribution in [0.1, 0.15) is 18.9 Å². The van der Waals surface area contributed by atoms with Gasteiger partial charge in [0.15, 0.2) is 0 Å². The van der Waals surface area contributed by atoms with E-state index in [1.54, 1.807) is 12.1 Å². The van der Waals surface area contributed by atoms with Crippen molar-refractivity contribution in [3.05, 3.63) is 29.8 Å². The largest absolute Gasteiger partial charge is 0.508 e. The molecule has 0 spiro atoms. The number of phenols is 1. The summed E-state index contributed by atoms with van der Waals surface area (Å²) in [6.45, 7) is 0.768. The molecule has 32 heavy (non-hydrogen) atoms. The first kappa shape index (κ1) is 27.2. The number of phenolic OH excluding ortho intramolecular Hbond substituents is 1. The predicted molar refractivity (Wildman–Crippen MR) is 119 cm³/mol. The number of carbonyl (C=O) groups is 4. The van der Waals surface area contributed by atoms with Crippen LogP contribution in [0.5, 0.6) is 5.75 Å². The first-order chi connectivity index (χ1) is 15.1. The minimum Gasteiger partial charge on any atom is -0.508 e. The second kappa shape index (κ2) is 13.6. The molecule has 8 N–H and O–H groups in total. The lowest BCUT2D eigenvalue weighted by atomic mass is 10.0. The van der Waals surface area contributed by atoms with E-state index in [0.29, 0.717) is 11.3 Å². The van der Waals surface area contributed by atoms with Gasteiger partial charge in [-0.3, -0.25) is 14.4 Å². The number of nitrogens with two attached hydrogens (primary N) is 1. The molecule has 0 aliphatic rings. The third-order valence-electron chi connectivity index (χ3n) is 4.52. The highest BCUT2D eigenvalue weighted by atomic mass is 32.2. The Hall–Kier alpha value is -2.83. The Balaban J connectivity index is 2.87. The third-order valence-corrected chi connectivity index (χ3v) is 5.16. The standard InChI is InChI=1S/C20H30N4O7S/c1-11(17(27)23-15(20(30)31)7-8-32-2)22-19(29)16(24-18(28)14(21)10-25)9-12-3-5-13(26)6-4-12/h3-6,11,14-16,25-26H,7-10,21H2,1-2H3,(H,22,29)(H,23,27)(H,24,28)(H,30,31). The number of nitrogens with one attached hydrogen (secondary N) is 3. The molecule has 0 radical (unpaired) electrons. The number of carboxylic acids is 1. The van der Waals surface area contributed by atoms with Crippen LogP contribution < -0.4 is 21.7 Å². The molecular formula is C20H30N4O7S. The second-order valence-corrected chi connectivity index (χ2v) is 8.12. The van der Waals surface area contributed by atoms with Gasteiger partial charge in [-0.05, 0) is 43.0 Å². The lowest BCUT2D eigenvalue weighted by Crippen LogP contribution is -2.57. The average Bonchev–Trinajstić information content (AvgIpc) is 2.76. The van der Waals surface area contributed by atoms with Crippen molar-refractivity contribution in [3.8, 4) is 5.75 Å². The van der Waals surface area contributed by atoms with E-state index in [1.165, 1.54) is 30.8 Å². The van der Waals surface area contributed by atoms with Crippen LogP contribution in [-0.2, 0) is 25.6 Å². The van der Waals surface area contributed by atoms with Gasteiger partial charge in [0.05, 0.1) is 6.61 Å². The fourth-order valence-corrected chi connectivity index (χ4v) is 3.08. The van der Waals surface area contributed by atoms with Crippen LogP contribution in [0, 0.1) is 0 Å². The van der Waals surface area contributed by atoms with Crippen molar-refractivity contribution < 1.29 is 34.5 Å². The van der Waals surface area contributed by atoms with Gasteiger partial charge in [-0.15, -0.1) is 0 Å². The number of rotatable bonds is 13. The molecule has 0 aliphatic carbocycles. The average molecular weight is 471 g/mol. The van der Waals surface area contributed by atoms with Crippen molar-refractivity contribution in [3.63, 3.8) is 0 Å². The number of hydrogen-bond donors (Lipinski definition) is 7. The number of aliphatic hydroxyl groups excluding tert-OH is 1. The monoisotopic (exact) mass is 470 g/mol. The van der Waals surface area contributed by atoms with Gasteiger partial charge in [-0.25, -0.2) is 4.79 Å². The molecule has 178 valence electrons. The van der Waals surface area contributed by atoms with Crippen LogP contribution >= 0.6 is 11.8 Å². The minimum absolute atomic E-state index is 0.0236. The maximum absolute atomic E-state index is 12.8. The number of aliphatic hydroxyl groups is 1. The third kappa shape index (κ3) is 9.12. The fourth-order valence-electron chi connectivity index (χ4n) is 2.61. The lowest BCUT2D eigenvalue weighted by Gasteiger charge is -2.23. The summed E-state index contributed by atoms with van der Waals surface area (Å²) in [5.74, 6) is -2.76.